The van der Waals surface area contributed by atoms with Crippen molar-refractivity contribution in [3.63, 3.8) is 0 Å². The number of fused-ring (bicyclic) bond motifs is 1. The molecule has 23 heavy (non-hydrogen) atoms. The van der Waals surface area contributed by atoms with Gasteiger partial charge in [0.25, 0.3) is 0 Å². The highest BCUT2D eigenvalue weighted by Gasteiger charge is 2.14. The number of H-pyrrole nitrogens is 1. The van der Waals surface area contributed by atoms with Crippen molar-refractivity contribution in [1.29, 1.82) is 0 Å². The molecular formula is C16H12Cl2FN3O. The van der Waals surface area contributed by atoms with E-state index < -0.39 is 0 Å². The van der Waals surface area contributed by atoms with E-state index in [1.165, 1.54) is 6.07 Å². The van der Waals surface area contributed by atoms with Crippen LogP contribution in [0.4, 0.5) is 10.1 Å². The number of aromatic amines is 1. The van der Waals surface area contributed by atoms with Gasteiger partial charge in [-0.15, -0.1) is 11.6 Å². The summed E-state index contributed by atoms with van der Waals surface area (Å²) < 4.78 is 13.9. The van der Waals surface area contributed by atoms with E-state index in [9.17, 15) is 9.18 Å². The minimum atomic E-state index is -0.334. The van der Waals surface area contributed by atoms with Crippen LogP contribution in [-0.4, -0.2) is 21.8 Å². The van der Waals surface area contributed by atoms with Crippen LogP contribution in [-0.2, 0) is 4.79 Å². The van der Waals surface area contributed by atoms with Crippen LogP contribution in [0, 0.1) is 5.82 Å². The van der Waals surface area contributed by atoms with Crippen LogP contribution in [0.2, 0.25) is 5.15 Å². The Morgan fingerprint density at radius 2 is 2.13 bits per heavy atom. The number of rotatable bonds is 4. The number of pyridine rings is 1. The highest BCUT2D eigenvalue weighted by atomic mass is 35.5. The molecule has 0 aliphatic heterocycles. The number of halogens is 3. The molecule has 3 aromatic rings. The molecule has 2 aromatic heterocycles. The first-order chi connectivity index (χ1) is 11.1. The van der Waals surface area contributed by atoms with E-state index in [2.05, 4.69) is 15.3 Å². The van der Waals surface area contributed by atoms with E-state index >= 15 is 0 Å². The van der Waals surface area contributed by atoms with Gasteiger partial charge in [-0.25, -0.2) is 9.37 Å². The quantitative estimate of drug-likeness (QED) is 0.533. The lowest BCUT2D eigenvalue weighted by molar-refractivity contribution is -0.115. The highest BCUT2D eigenvalue weighted by molar-refractivity contribution is 6.29. The van der Waals surface area contributed by atoms with Gasteiger partial charge in [-0.1, -0.05) is 17.7 Å². The summed E-state index contributed by atoms with van der Waals surface area (Å²) in [7, 11) is 0. The van der Waals surface area contributed by atoms with Crippen LogP contribution in [0.15, 0.2) is 36.4 Å². The lowest BCUT2D eigenvalue weighted by Crippen LogP contribution is -2.13. The molecule has 0 unspecified atom stereocenters. The van der Waals surface area contributed by atoms with Crippen LogP contribution in [0.3, 0.4) is 0 Å². The third kappa shape index (κ3) is 3.30. The zero-order valence-corrected chi connectivity index (χ0v) is 13.4. The number of carbonyl (C=O) groups is 1. The lowest BCUT2D eigenvalue weighted by atomic mass is 10.2. The molecule has 0 atom stereocenters. The minimum absolute atomic E-state index is 0.185. The molecular weight excluding hydrogens is 340 g/mol. The molecule has 4 nitrogen and oxygen atoms in total. The number of hydrogen-bond donors (Lipinski definition) is 2. The molecule has 1 amide bonds. The normalized spacial score (nSPS) is 10.9. The minimum Gasteiger partial charge on any atom is -0.353 e. The topological polar surface area (TPSA) is 57.8 Å². The van der Waals surface area contributed by atoms with Gasteiger partial charge >= 0.3 is 0 Å². The highest BCUT2D eigenvalue weighted by Crippen LogP contribution is 2.30. The molecule has 0 fully saturated rings. The maximum absolute atomic E-state index is 13.9. The molecule has 0 saturated carbocycles. The van der Waals surface area contributed by atoms with Crippen molar-refractivity contribution in [3.05, 3.63) is 47.4 Å². The third-order valence-electron chi connectivity index (χ3n) is 3.32. The molecule has 0 spiro atoms. The zero-order chi connectivity index (χ0) is 16.4. The largest absolute Gasteiger partial charge is 0.353 e. The summed E-state index contributed by atoms with van der Waals surface area (Å²) in [5.74, 6) is -0.341. The summed E-state index contributed by atoms with van der Waals surface area (Å²) in [5, 5.41) is 3.46. The number of aromatic nitrogens is 2. The van der Waals surface area contributed by atoms with Gasteiger partial charge in [0.05, 0.1) is 11.4 Å². The van der Waals surface area contributed by atoms with Gasteiger partial charge in [-0.3, -0.25) is 4.79 Å². The van der Waals surface area contributed by atoms with Gasteiger partial charge in [-0.2, -0.15) is 0 Å². The Hall–Kier alpha value is -2.11. The first-order valence-electron chi connectivity index (χ1n) is 6.88. The molecule has 2 heterocycles. The fourth-order valence-corrected chi connectivity index (χ4v) is 2.60. The standard InChI is InChI=1S/C16H12Cl2FN3O/c17-7-6-15(23)21-12-4-5-14(18)22-16(12)13-8-9-10(19)2-1-3-11(9)20-13/h1-5,8,20H,6-7H2,(H,21,23). The van der Waals surface area contributed by atoms with Crippen molar-refractivity contribution in [2.75, 3.05) is 11.2 Å². The Labute approximate surface area is 141 Å². The average Bonchev–Trinajstić information content (AvgIpc) is 2.95. The Kier molecular flexibility index (Phi) is 4.50. The first kappa shape index (κ1) is 15.8. The molecule has 118 valence electrons. The number of anilines is 1. The Balaban J connectivity index is 2.07. The van der Waals surface area contributed by atoms with Gasteiger partial charge in [-0.05, 0) is 30.3 Å². The van der Waals surface area contributed by atoms with Crippen LogP contribution < -0.4 is 5.32 Å². The molecule has 3 rings (SSSR count). The predicted molar refractivity (Wildman–Crippen MR) is 90.5 cm³/mol. The molecule has 0 aliphatic rings. The van der Waals surface area contributed by atoms with Gasteiger partial charge in [0.1, 0.15) is 16.7 Å². The Bertz CT molecular complexity index is 879. The van der Waals surface area contributed by atoms with Gasteiger partial charge < -0.3 is 10.3 Å². The fraction of sp³-hybridized carbons (Fsp3) is 0.125. The molecule has 2 N–H and O–H groups in total. The second kappa shape index (κ2) is 6.56. The summed E-state index contributed by atoms with van der Waals surface area (Å²) in [4.78, 5) is 19.1. The van der Waals surface area contributed by atoms with Crippen molar-refractivity contribution >= 4 is 45.7 Å². The average molecular weight is 352 g/mol. The maximum Gasteiger partial charge on any atom is 0.225 e. The molecule has 0 aliphatic carbocycles. The predicted octanol–water partition coefficient (Wildman–Crippen LogP) is 4.59. The maximum atomic E-state index is 13.9. The Morgan fingerprint density at radius 3 is 2.87 bits per heavy atom. The second-order valence-corrected chi connectivity index (χ2v) is 5.67. The van der Waals surface area contributed by atoms with Gasteiger partial charge in [0, 0.05) is 23.2 Å². The second-order valence-electron chi connectivity index (χ2n) is 4.90. The number of carbonyl (C=O) groups excluding carboxylic acids is 1. The number of alkyl halides is 1. The van der Waals surface area contributed by atoms with E-state index in [0.717, 1.165) is 0 Å². The van der Waals surface area contributed by atoms with Crippen molar-refractivity contribution in [3.8, 4) is 11.4 Å². The zero-order valence-electron chi connectivity index (χ0n) is 11.9. The van der Waals surface area contributed by atoms with Crippen LogP contribution >= 0.6 is 23.2 Å². The van der Waals surface area contributed by atoms with Crippen LogP contribution in [0.25, 0.3) is 22.3 Å². The van der Waals surface area contributed by atoms with Crippen molar-refractivity contribution < 1.29 is 9.18 Å². The summed E-state index contributed by atoms with van der Waals surface area (Å²) in [5.41, 5.74) is 2.13. The molecule has 1 aromatic carbocycles. The fourth-order valence-electron chi connectivity index (χ4n) is 2.29. The van der Waals surface area contributed by atoms with Gasteiger partial charge in [0.15, 0.2) is 0 Å². The molecule has 0 saturated heterocycles. The number of amides is 1. The van der Waals surface area contributed by atoms with Gasteiger partial charge in [0.2, 0.25) is 5.91 Å². The van der Waals surface area contributed by atoms with E-state index in [1.807, 2.05) is 0 Å². The molecule has 0 radical (unpaired) electrons. The van der Waals surface area contributed by atoms with Crippen molar-refractivity contribution in [2.45, 2.75) is 6.42 Å². The number of nitrogens with one attached hydrogen (secondary N) is 2. The van der Waals surface area contributed by atoms with Crippen molar-refractivity contribution in [1.82, 2.24) is 9.97 Å². The Morgan fingerprint density at radius 1 is 1.30 bits per heavy atom. The van der Waals surface area contributed by atoms with E-state index in [0.29, 0.717) is 28.0 Å². The third-order valence-corrected chi connectivity index (χ3v) is 3.72. The molecule has 0 bridgehead atoms. The van der Waals surface area contributed by atoms with E-state index in [1.54, 1.807) is 30.3 Å². The molecule has 7 heteroatoms. The monoisotopic (exact) mass is 351 g/mol. The summed E-state index contributed by atoms with van der Waals surface area (Å²) in [6, 6.07) is 9.63. The first-order valence-corrected chi connectivity index (χ1v) is 7.79. The smallest absolute Gasteiger partial charge is 0.225 e. The van der Waals surface area contributed by atoms with Crippen LogP contribution in [0.5, 0.6) is 0 Å². The lowest BCUT2D eigenvalue weighted by Gasteiger charge is -2.09. The van der Waals surface area contributed by atoms with Crippen LogP contribution in [0.1, 0.15) is 6.42 Å². The van der Waals surface area contributed by atoms with Crippen molar-refractivity contribution in [2.24, 2.45) is 0 Å². The number of hydrogen-bond acceptors (Lipinski definition) is 2. The number of nitrogens with zero attached hydrogens (tertiary/aromatic N) is 1. The van der Waals surface area contributed by atoms with E-state index in [-0.39, 0.29) is 29.2 Å². The summed E-state index contributed by atoms with van der Waals surface area (Å²) >= 11 is 11.5. The number of benzene rings is 1. The SMILES string of the molecule is O=C(CCCl)Nc1ccc(Cl)nc1-c1cc2c(F)cccc2[nH]1. The van der Waals surface area contributed by atoms with E-state index in [4.69, 9.17) is 23.2 Å². The summed E-state index contributed by atoms with van der Waals surface area (Å²) in [6.07, 6.45) is 0.185. The summed E-state index contributed by atoms with van der Waals surface area (Å²) in [6.45, 7) is 0.